The number of nitrogens with zero attached hydrogens (tertiary/aromatic N) is 1. The van der Waals surface area contributed by atoms with Gasteiger partial charge in [0.2, 0.25) is 0 Å². The molecule has 0 spiro atoms. The Bertz CT molecular complexity index is 325. The van der Waals surface area contributed by atoms with Crippen molar-refractivity contribution in [3.8, 4) is 0 Å². The monoisotopic (exact) mass is 235 g/mol. The molecule has 0 radical (unpaired) electrons. The van der Waals surface area contributed by atoms with Gasteiger partial charge in [0.25, 0.3) is 0 Å². The van der Waals surface area contributed by atoms with Gasteiger partial charge in [0.1, 0.15) is 9.84 Å². The number of sulfone groups is 1. The summed E-state index contributed by atoms with van der Waals surface area (Å²) in [6, 6.07) is 0.0178. The first-order valence-corrected chi connectivity index (χ1v) is 7.08. The van der Waals surface area contributed by atoms with Crippen LogP contribution in [0.3, 0.4) is 0 Å². The van der Waals surface area contributed by atoms with Crippen molar-refractivity contribution in [3.63, 3.8) is 0 Å². The zero-order valence-corrected chi connectivity index (χ0v) is 9.66. The summed E-state index contributed by atoms with van der Waals surface area (Å²) in [6.45, 7) is 1.27. The van der Waals surface area contributed by atoms with E-state index in [-0.39, 0.29) is 18.2 Å². The van der Waals surface area contributed by atoms with Gasteiger partial charge in [-0.2, -0.15) is 0 Å². The Morgan fingerprint density at radius 3 is 2.73 bits per heavy atom. The third kappa shape index (κ3) is 4.61. The zero-order valence-electron chi connectivity index (χ0n) is 8.85. The van der Waals surface area contributed by atoms with Crippen LogP contribution in [0, 0.1) is 0 Å². The van der Waals surface area contributed by atoms with Crippen LogP contribution in [0.2, 0.25) is 0 Å². The summed E-state index contributed by atoms with van der Waals surface area (Å²) in [5, 5.41) is 8.67. The predicted molar refractivity (Wildman–Crippen MR) is 56.6 cm³/mol. The number of hydrogen-bond donors (Lipinski definition) is 1. The molecule has 1 aliphatic heterocycles. The molecule has 0 aromatic rings. The van der Waals surface area contributed by atoms with E-state index in [2.05, 4.69) is 0 Å². The molecule has 0 saturated carbocycles. The third-order valence-corrected chi connectivity index (χ3v) is 3.58. The molecular formula is C9H17NO4S. The lowest BCUT2D eigenvalue weighted by Crippen LogP contribution is -2.35. The zero-order chi connectivity index (χ0) is 11.5. The van der Waals surface area contributed by atoms with Crippen LogP contribution in [0.25, 0.3) is 0 Å². The first kappa shape index (κ1) is 12.4. The molecule has 1 atom stereocenters. The fourth-order valence-electron chi connectivity index (χ4n) is 1.91. The molecule has 1 saturated heterocycles. The molecule has 0 aliphatic carbocycles. The number of hydrogen-bond acceptors (Lipinski definition) is 4. The van der Waals surface area contributed by atoms with Crippen molar-refractivity contribution in [1.29, 1.82) is 0 Å². The van der Waals surface area contributed by atoms with Gasteiger partial charge in [-0.1, -0.05) is 0 Å². The summed E-state index contributed by atoms with van der Waals surface area (Å²) in [5.74, 6) is -0.699. The maximum Gasteiger partial charge on any atom is 0.304 e. The van der Waals surface area contributed by atoms with E-state index in [0.29, 0.717) is 6.54 Å². The summed E-state index contributed by atoms with van der Waals surface area (Å²) in [6.07, 6.45) is 3.14. The highest BCUT2D eigenvalue weighted by atomic mass is 32.2. The number of carboxylic acid groups (broad SMARTS) is 1. The van der Waals surface area contributed by atoms with Crippen LogP contribution in [0.15, 0.2) is 0 Å². The van der Waals surface area contributed by atoms with Gasteiger partial charge in [-0.3, -0.25) is 9.69 Å². The summed E-state index contributed by atoms with van der Waals surface area (Å²) in [7, 11) is -2.95. The Morgan fingerprint density at radius 2 is 2.20 bits per heavy atom. The molecule has 88 valence electrons. The van der Waals surface area contributed by atoms with Crippen molar-refractivity contribution in [2.75, 3.05) is 25.1 Å². The maximum absolute atomic E-state index is 11.0. The lowest BCUT2D eigenvalue weighted by molar-refractivity contribution is -0.138. The Hall–Kier alpha value is -0.620. The van der Waals surface area contributed by atoms with E-state index in [1.165, 1.54) is 6.26 Å². The molecule has 0 aromatic heterocycles. The minimum Gasteiger partial charge on any atom is -0.481 e. The Kier molecular flexibility index (Phi) is 4.10. The number of likely N-dealkylation sites (tertiary alicyclic amines) is 1. The van der Waals surface area contributed by atoms with E-state index in [9.17, 15) is 13.2 Å². The summed E-state index contributed by atoms with van der Waals surface area (Å²) < 4.78 is 21.9. The van der Waals surface area contributed by atoms with Crippen LogP contribution in [0.4, 0.5) is 0 Å². The van der Waals surface area contributed by atoms with Gasteiger partial charge in [0.05, 0.1) is 12.2 Å². The summed E-state index contributed by atoms with van der Waals surface area (Å²) >= 11 is 0. The number of rotatable bonds is 5. The largest absolute Gasteiger partial charge is 0.481 e. The van der Waals surface area contributed by atoms with E-state index >= 15 is 0 Å². The second kappa shape index (κ2) is 4.94. The van der Waals surface area contributed by atoms with Crippen molar-refractivity contribution in [2.24, 2.45) is 0 Å². The van der Waals surface area contributed by atoms with Crippen LogP contribution in [0.5, 0.6) is 0 Å². The minimum absolute atomic E-state index is 0.0178. The average molecular weight is 235 g/mol. The average Bonchev–Trinajstić information content (AvgIpc) is 2.46. The second-order valence-corrected chi connectivity index (χ2v) is 6.32. The van der Waals surface area contributed by atoms with Crippen LogP contribution < -0.4 is 0 Å². The first-order chi connectivity index (χ1) is 6.88. The molecule has 1 N–H and O–H groups in total. The molecule has 1 heterocycles. The molecule has 15 heavy (non-hydrogen) atoms. The lowest BCUT2D eigenvalue weighted by Gasteiger charge is -2.22. The van der Waals surface area contributed by atoms with E-state index in [4.69, 9.17) is 5.11 Å². The van der Waals surface area contributed by atoms with E-state index in [1.54, 1.807) is 0 Å². The number of carboxylic acids is 1. The van der Waals surface area contributed by atoms with Gasteiger partial charge in [-0.15, -0.1) is 0 Å². The molecule has 1 fully saturated rings. The highest BCUT2D eigenvalue weighted by Crippen LogP contribution is 2.19. The molecule has 0 aromatic carbocycles. The Labute approximate surface area is 90.0 Å². The maximum atomic E-state index is 11.0. The summed E-state index contributed by atoms with van der Waals surface area (Å²) in [4.78, 5) is 12.5. The molecule has 1 unspecified atom stereocenters. The van der Waals surface area contributed by atoms with Gasteiger partial charge >= 0.3 is 5.97 Å². The normalized spacial score (nSPS) is 23.1. The predicted octanol–water partition coefficient (Wildman–Crippen LogP) is -0.0299. The van der Waals surface area contributed by atoms with Crippen LogP contribution in [-0.2, 0) is 14.6 Å². The van der Waals surface area contributed by atoms with Crippen LogP contribution in [0.1, 0.15) is 19.3 Å². The highest BCUT2D eigenvalue weighted by Gasteiger charge is 2.26. The standard InChI is InChI=1S/C9H17NO4S/c1-15(13,14)6-5-10-4-2-3-8(10)7-9(11)12/h8H,2-7H2,1H3,(H,11,12). The molecule has 0 bridgehead atoms. The summed E-state index contributed by atoms with van der Waals surface area (Å²) in [5.41, 5.74) is 0. The smallest absolute Gasteiger partial charge is 0.304 e. The fraction of sp³-hybridized carbons (Fsp3) is 0.889. The Balaban J connectivity index is 2.43. The highest BCUT2D eigenvalue weighted by molar-refractivity contribution is 7.90. The molecular weight excluding hydrogens is 218 g/mol. The van der Waals surface area contributed by atoms with Gasteiger partial charge in [-0.05, 0) is 19.4 Å². The first-order valence-electron chi connectivity index (χ1n) is 5.02. The van der Waals surface area contributed by atoms with Crippen LogP contribution in [-0.4, -0.2) is 55.5 Å². The molecule has 6 heteroatoms. The SMILES string of the molecule is CS(=O)(=O)CCN1CCCC1CC(=O)O. The van der Waals surface area contributed by atoms with Crippen molar-refractivity contribution in [1.82, 2.24) is 4.90 Å². The van der Waals surface area contributed by atoms with Crippen molar-refractivity contribution in [3.05, 3.63) is 0 Å². The van der Waals surface area contributed by atoms with Crippen molar-refractivity contribution < 1.29 is 18.3 Å². The molecule has 0 amide bonds. The lowest BCUT2D eigenvalue weighted by atomic mass is 10.1. The number of carbonyl (C=O) groups is 1. The van der Waals surface area contributed by atoms with Gasteiger partial charge < -0.3 is 5.11 Å². The topological polar surface area (TPSA) is 74.7 Å². The van der Waals surface area contributed by atoms with Gasteiger partial charge in [0.15, 0.2) is 0 Å². The quantitative estimate of drug-likeness (QED) is 0.724. The fourth-order valence-corrected chi connectivity index (χ4v) is 2.47. The third-order valence-electron chi connectivity index (χ3n) is 2.66. The van der Waals surface area contributed by atoms with Crippen LogP contribution >= 0.6 is 0 Å². The Morgan fingerprint density at radius 1 is 1.53 bits per heavy atom. The van der Waals surface area contributed by atoms with Gasteiger partial charge in [-0.25, -0.2) is 8.42 Å². The van der Waals surface area contributed by atoms with E-state index in [1.807, 2.05) is 4.90 Å². The second-order valence-electron chi connectivity index (χ2n) is 4.06. The molecule has 1 rings (SSSR count). The molecule has 5 nitrogen and oxygen atoms in total. The number of aliphatic carboxylic acids is 1. The van der Waals surface area contributed by atoms with Gasteiger partial charge in [0, 0.05) is 18.8 Å². The van der Waals surface area contributed by atoms with E-state index < -0.39 is 15.8 Å². The molecule has 1 aliphatic rings. The van der Waals surface area contributed by atoms with Crippen molar-refractivity contribution in [2.45, 2.75) is 25.3 Å². The van der Waals surface area contributed by atoms with E-state index in [0.717, 1.165) is 19.4 Å². The van der Waals surface area contributed by atoms with Crippen molar-refractivity contribution >= 4 is 15.8 Å². The minimum atomic E-state index is -2.95.